The van der Waals surface area contributed by atoms with Gasteiger partial charge in [0.15, 0.2) is 0 Å². The van der Waals surface area contributed by atoms with E-state index in [-0.39, 0.29) is 8.15 Å². The molecule has 0 fully saturated rings. The Kier molecular flexibility index (Phi) is 28.2. The summed E-state index contributed by atoms with van der Waals surface area (Å²) in [6.45, 7) is 12.7. The van der Waals surface area contributed by atoms with Gasteiger partial charge in [-0.1, -0.05) is 101 Å². The van der Waals surface area contributed by atoms with E-state index in [0.717, 1.165) is 62.2 Å². The van der Waals surface area contributed by atoms with Crippen LogP contribution in [0.15, 0.2) is 140 Å². The molecule has 10 nitrogen and oxygen atoms in total. The molecule has 1 atom stereocenters. The van der Waals surface area contributed by atoms with Crippen molar-refractivity contribution in [1.29, 1.82) is 0 Å². The number of halogens is 1. The van der Waals surface area contributed by atoms with E-state index in [1.54, 1.807) is 40.1 Å². The van der Waals surface area contributed by atoms with Crippen LogP contribution in [0.4, 0.5) is 11.4 Å². The first-order valence-corrected chi connectivity index (χ1v) is 29.7. The molecule has 376 valence electrons. The van der Waals surface area contributed by atoms with Gasteiger partial charge >= 0.3 is 8.60 Å². The fraction of sp³-hybridized carbons (Fsp3) is 0.273. The monoisotopic (exact) mass is 1110 g/mol. The Balaban J connectivity index is 0.000000199. The molecule has 3 aromatic heterocycles. The molecule has 0 aliphatic heterocycles. The van der Waals surface area contributed by atoms with Gasteiger partial charge in [0.05, 0.1) is 55.8 Å². The molecular formula is C55H66BrN5O5P2S3. The molecule has 0 amide bonds. The summed E-state index contributed by atoms with van der Waals surface area (Å²) < 4.78 is 24.8. The lowest BCUT2D eigenvalue weighted by Gasteiger charge is -2.12. The predicted octanol–water partition coefficient (Wildman–Crippen LogP) is 16.4. The van der Waals surface area contributed by atoms with Gasteiger partial charge in [0.1, 0.15) is 21.3 Å². The highest BCUT2D eigenvalue weighted by Crippen LogP contribution is 2.39. The number of carbonyl (C=O) groups excluding carboxylic acids is 1. The molecule has 0 saturated heterocycles. The number of rotatable bonds is 18. The number of alkyl halides is 1. The van der Waals surface area contributed by atoms with Crippen molar-refractivity contribution in [3.63, 3.8) is 0 Å². The average Bonchev–Trinajstić information content (AvgIpc) is 4.12. The van der Waals surface area contributed by atoms with Crippen molar-refractivity contribution < 1.29 is 22.9 Å². The van der Waals surface area contributed by atoms with Crippen molar-refractivity contribution in [2.75, 3.05) is 71.1 Å². The van der Waals surface area contributed by atoms with Crippen LogP contribution in [0.5, 0.6) is 0 Å². The molecule has 0 N–H and O–H groups in total. The van der Waals surface area contributed by atoms with Gasteiger partial charge in [-0.3, -0.25) is 4.79 Å². The summed E-state index contributed by atoms with van der Waals surface area (Å²) in [5.41, 5.74) is 7.88. The number of benzene rings is 5. The molecule has 0 saturated carbocycles. The molecule has 5 aromatic carbocycles. The second-order valence-electron chi connectivity index (χ2n) is 15.2. The summed E-state index contributed by atoms with van der Waals surface area (Å²) in [5, 5.41) is 4.23. The average molecular weight is 1120 g/mol. The van der Waals surface area contributed by atoms with Gasteiger partial charge in [-0.05, 0) is 118 Å². The highest BCUT2D eigenvalue weighted by molar-refractivity contribution is 9.08. The Morgan fingerprint density at radius 1 is 0.521 bits per heavy atom. The van der Waals surface area contributed by atoms with Crippen LogP contribution < -0.4 is 9.80 Å². The van der Waals surface area contributed by atoms with E-state index in [0.29, 0.717) is 19.8 Å². The van der Waals surface area contributed by atoms with Gasteiger partial charge in [0.2, 0.25) is 0 Å². The molecule has 0 radical (unpaired) electrons. The van der Waals surface area contributed by atoms with Gasteiger partial charge in [-0.2, -0.15) is 0 Å². The summed E-state index contributed by atoms with van der Waals surface area (Å²) in [4.78, 5) is 27.8. The predicted molar refractivity (Wildman–Crippen MR) is 316 cm³/mol. The quantitative estimate of drug-likeness (QED) is 0.0272. The molecule has 0 aliphatic carbocycles. The molecule has 3 heterocycles. The van der Waals surface area contributed by atoms with Crippen molar-refractivity contribution >= 4 is 133 Å². The molecule has 1 unspecified atom stereocenters. The van der Waals surface area contributed by atoms with Crippen molar-refractivity contribution in [3.05, 3.63) is 166 Å². The third-order valence-electron chi connectivity index (χ3n) is 9.34. The summed E-state index contributed by atoms with van der Waals surface area (Å²) in [7, 11) is 6.68. The largest absolute Gasteiger partial charge is 0.378 e. The zero-order valence-corrected chi connectivity index (χ0v) is 47.9. The first-order chi connectivity index (χ1) is 34.5. The van der Waals surface area contributed by atoms with E-state index in [4.69, 9.17) is 18.1 Å². The fourth-order valence-corrected chi connectivity index (χ4v) is 11.6. The van der Waals surface area contributed by atoms with Crippen LogP contribution in [0.1, 0.15) is 53.8 Å². The van der Waals surface area contributed by atoms with Gasteiger partial charge in [0, 0.05) is 60.5 Å². The highest BCUT2D eigenvalue weighted by atomic mass is 79.9. The Labute approximate surface area is 444 Å². The molecular weight excluding hydrogens is 1050 g/mol. The zero-order valence-electron chi connectivity index (χ0n) is 42.1. The second-order valence-corrected chi connectivity index (χ2v) is 22.1. The van der Waals surface area contributed by atoms with Crippen LogP contribution >= 0.6 is 66.7 Å². The third-order valence-corrected chi connectivity index (χ3v) is 16.4. The maximum Gasteiger partial charge on any atom is 0.332 e. The number of carbonyl (C=O) groups is 1. The Morgan fingerprint density at radius 2 is 0.930 bits per heavy atom. The maximum atomic E-state index is 10.1. The first-order valence-electron chi connectivity index (χ1n) is 23.1. The number of fused-ring (bicyclic) bond motifs is 3. The van der Waals surface area contributed by atoms with Crippen LogP contribution in [-0.2, 0) is 34.4 Å². The van der Waals surface area contributed by atoms with Crippen LogP contribution in [-0.4, -0.2) is 82.5 Å². The zero-order chi connectivity index (χ0) is 51.2. The lowest BCUT2D eigenvalue weighted by Crippen LogP contribution is -2.07. The highest BCUT2D eigenvalue weighted by Gasteiger charge is 2.09. The lowest BCUT2D eigenvalue weighted by molar-refractivity contribution is -0.104. The molecule has 8 rings (SSSR count). The van der Waals surface area contributed by atoms with Crippen molar-refractivity contribution in [3.8, 4) is 0 Å². The number of aldehydes is 1. The number of para-hydroxylation sites is 3. The minimum Gasteiger partial charge on any atom is -0.378 e. The smallest absolute Gasteiger partial charge is 0.332 e. The number of aromatic nitrogens is 3. The second kappa shape index (κ2) is 34.0. The number of nitrogens with zero attached hydrogens (tertiary/aromatic N) is 5. The van der Waals surface area contributed by atoms with E-state index in [1.165, 1.54) is 36.4 Å². The van der Waals surface area contributed by atoms with E-state index < -0.39 is 8.60 Å². The molecule has 0 spiro atoms. The van der Waals surface area contributed by atoms with Crippen molar-refractivity contribution in [2.45, 2.75) is 39.2 Å². The number of hydrogen-bond donors (Lipinski definition) is 0. The van der Waals surface area contributed by atoms with E-state index in [1.807, 2.05) is 134 Å². The van der Waals surface area contributed by atoms with Gasteiger partial charge in [-0.15, -0.1) is 34.0 Å². The lowest BCUT2D eigenvalue weighted by atomic mass is 10.2. The van der Waals surface area contributed by atoms with E-state index >= 15 is 0 Å². The summed E-state index contributed by atoms with van der Waals surface area (Å²) in [6, 6.07) is 41.2. The summed E-state index contributed by atoms with van der Waals surface area (Å²) >= 11 is 8.61. The summed E-state index contributed by atoms with van der Waals surface area (Å²) in [6.07, 6.45) is 13.3. The van der Waals surface area contributed by atoms with Crippen molar-refractivity contribution in [2.24, 2.45) is 0 Å². The molecule has 71 heavy (non-hydrogen) atoms. The third kappa shape index (κ3) is 22.0. The number of thiazole rings is 3. The Bertz CT molecular complexity index is 2700. The maximum absolute atomic E-state index is 10.1. The number of anilines is 2. The SMILES string of the molecule is BrCc1nc2ccccc2s1.CCOP(C)Cc1nc2ccccc2s1.CCOP(OCC)OCC.CN(C)c1ccc(/C=C/C=C/c2nc3ccccc3s2)cc1.CN(C)c1ccc(/C=C/C=O)cc1. The molecule has 8 aromatic rings. The Morgan fingerprint density at radius 3 is 1.35 bits per heavy atom. The van der Waals surface area contributed by atoms with E-state index in [2.05, 4.69) is 115 Å². The number of allylic oxidation sites excluding steroid dienone is 3. The summed E-state index contributed by atoms with van der Waals surface area (Å²) in [5.74, 6) is 0. The normalized spacial score (nSPS) is 11.5. The van der Waals surface area contributed by atoms with Crippen LogP contribution in [0.25, 0.3) is 48.9 Å². The first kappa shape index (κ1) is 59.0. The van der Waals surface area contributed by atoms with Crippen LogP contribution in [0.2, 0.25) is 0 Å². The fourth-order valence-electron chi connectivity index (χ4n) is 6.03. The van der Waals surface area contributed by atoms with Gasteiger partial charge in [-0.25, -0.2) is 15.0 Å². The Hall–Kier alpha value is -4.56. The van der Waals surface area contributed by atoms with Gasteiger partial charge in [0.25, 0.3) is 0 Å². The minimum absolute atomic E-state index is 0.346. The van der Waals surface area contributed by atoms with E-state index in [9.17, 15) is 4.79 Å². The molecule has 0 bridgehead atoms. The molecule has 16 heteroatoms. The topological polar surface area (TPSA) is 99.1 Å². The van der Waals surface area contributed by atoms with Crippen molar-refractivity contribution in [1.82, 2.24) is 15.0 Å². The molecule has 0 aliphatic rings. The van der Waals surface area contributed by atoms with Crippen LogP contribution in [0.3, 0.4) is 0 Å². The minimum atomic E-state index is -1.06. The number of hydrogen-bond acceptors (Lipinski definition) is 13. The standard InChI is InChI=1S/C19H18N2S.C11H14NOPS.C11H13NO.C8H6BrNS.C6H15O3P/c1-21(2)16-13-11-15(12-14-16)7-3-6-10-19-20-17-8-4-5-9-18(17)22-19;1-3-13-14(2)8-11-12-9-6-4-5-7-10(9)15-11;1-12(2)11-7-5-10(6-8-11)4-3-9-13;9-5-8-10-6-3-1-2-4-7(6)11-8;1-4-7-10(8-5-2)9-6-3/h3-14H,1-2H3;4-7H,3,8H2,1-2H3;3-9H,1-2H3;1-4H,5H2;4-6H2,1-3H3/b7-3+,10-6+;;4-3+;;. The van der Waals surface area contributed by atoms with Crippen LogP contribution in [0, 0.1) is 0 Å². The van der Waals surface area contributed by atoms with Gasteiger partial charge < -0.3 is 27.9 Å².